The summed E-state index contributed by atoms with van der Waals surface area (Å²) in [5, 5.41) is 5.54. The minimum absolute atomic E-state index is 0.0621. The summed E-state index contributed by atoms with van der Waals surface area (Å²) in [6.45, 7) is 1.89. The predicted octanol–water partition coefficient (Wildman–Crippen LogP) is 2.20. The molecular weight excluding hydrogens is 295 g/mol. The fourth-order valence-corrected chi connectivity index (χ4v) is 2.44. The van der Waals surface area contributed by atoms with Crippen molar-refractivity contribution in [2.24, 2.45) is 5.92 Å². The summed E-state index contributed by atoms with van der Waals surface area (Å²) in [6.07, 6.45) is -3.62. The van der Waals surface area contributed by atoms with E-state index in [4.69, 9.17) is 0 Å². The number of para-hydroxylation sites is 1. The highest BCUT2D eigenvalue weighted by Crippen LogP contribution is 2.36. The van der Waals surface area contributed by atoms with Crippen molar-refractivity contribution >= 4 is 16.8 Å². The monoisotopic (exact) mass is 309 g/mol. The van der Waals surface area contributed by atoms with Gasteiger partial charge in [-0.05, 0) is 6.07 Å². The lowest BCUT2D eigenvalue weighted by molar-refractivity contribution is -0.136. The van der Waals surface area contributed by atoms with Gasteiger partial charge in [-0.25, -0.2) is 0 Å². The Morgan fingerprint density at radius 3 is 2.68 bits per heavy atom. The Balaban J connectivity index is 1.98. The summed E-state index contributed by atoms with van der Waals surface area (Å²) >= 11 is 0. The van der Waals surface area contributed by atoms with E-state index in [1.807, 2.05) is 0 Å². The molecule has 1 saturated heterocycles. The van der Waals surface area contributed by atoms with Crippen molar-refractivity contribution < 1.29 is 18.0 Å². The Morgan fingerprint density at radius 1 is 1.32 bits per heavy atom. The highest BCUT2D eigenvalue weighted by Gasteiger charge is 2.37. The first kappa shape index (κ1) is 14.8. The van der Waals surface area contributed by atoms with E-state index in [1.54, 1.807) is 6.07 Å². The first-order valence-electron chi connectivity index (χ1n) is 6.90. The molecule has 2 heterocycles. The minimum Gasteiger partial charge on any atom is -0.352 e. The number of nitrogens with zero attached hydrogens (tertiary/aromatic N) is 1. The highest BCUT2D eigenvalue weighted by molar-refractivity contribution is 6.00. The first-order chi connectivity index (χ1) is 10.5. The molecule has 0 bridgehead atoms. The molecule has 1 aliphatic heterocycles. The Labute approximate surface area is 124 Å². The van der Waals surface area contributed by atoms with Gasteiger partial charge in [0.05, 0.1) is 16.6 Å². The van der Waals surface area contributed by atoms with Gasteiger partial charge in [-0.2, -0.15) is 13.2 Å². The van der Waals surface area contributed by atoms with Crippen molar-refractivity contribution in [2.45, 2.75) is 6.18 Å². The number of alkyl halides is 3. The van der Waals surface area contributed by atoms with Crippen molar-refractivity contribution in [2.75, 3.05) is 19.6 Å². The van der Waals surface area contributed by atoms with E-state index < -0.39 is 23.2 Å². The van der Waals surface area contributed by atoms with Gasteiger partial charge in [-0.15, -0.1) is 0 Å². The number of rotatable bonds is 3. The molecule has 1 aliphatic rings. The number of halogens is 3. The maximum Gasteiger partial charge on any atom is 0.417 e. The second-order valence-corrected chi connectivity index (χ2v) is 5.30. The number of nitrogens with one attached hydrogen (secondary N) is 2. The average Bonchev–Trinajstić information content (AvgIpc) is 2.43. The van der Waals surface area contributed by atoms with Crippen LogP contribution in [-0.2, 0) is 6.18 Å². The van der Waals surface area contributed by atoms with E-state index in [0.717, 1.165) is 19.3 Å². The van der Waals surface area contributed by atoms with E-state index in [9.17, 15) is 18.0 Å². The van der Waals surface area contributed by atoms with Gasteiger partial charge in [0, 0.05) is 37.1 Å². The number of amides is 1. The largest absolute Gasteiger partial charge is 0.417 e. The quantitative estimate of drug-likeness (QED) is 0.914. The predicted molar refractivity (Wildman–Crippen MR) is 75.4 cm³/mol. The summed E-state index contributed by atoms with van der Waals surface area (Å²) in [4.78, 5) is 16.1. The van der Waals surface area contributed by atoms with Crippen LogP contribution in [0.25, 0.3) is 10.9 Å². The molecule has 22 heavy (non-hydrogen) atoms. The van der Waals surface area contributed by atoms with E-state index in [2.05, 4.69) is 15.6 Å². The SMILES string of the molecule is O=C(NCC1CNC1)c1cnc2ccccc2c1C(F)(F)F. The summed E-state index contributed by atoms with van der Waals surface area (Å²) < 4.78 is 40.2. The zero-order valence-corrected chi connectivity index (χ0v) is 11.6. The molecule has 0 aliphatic carbocycles. The van der Waals surface area contributed by atoms with Crippen LogP contribution in [0.5, 0.6) is 0 Å². The summed E-state index contributed by atoms with van der Waals surface area (Å²) in [5.41, 5.74) is -1.14. The van der Waals surface area contributed by atoms with Gasteiger partial charge in [0.1, 0.15) is 0 Å². The van der Waals surface area contributed by atoms with Crippen LogP contribution in [0.4, 0.5) is 13.2 Å². The minimum atomic E-state index is -4.62. The Morgan fingerprint density at radius 2 is 2.05 bits per heavy atom. The maximum absolute atomic E-state index is 13.4. The molecule has 0 spiro atoms. The number of carbonyl (C=O) groups is 1. The van der Waals surface area contributed by atoms with Crippen LogP contribution in [0.1, 0.15) is 15.9 Å². The van der Waals surface area contributed by atoms with Gasteiger partial charge in [0.25, 0.3) is 5.91 Å². The van der Waals surface area contributed by atoms with Crippen LogP contribution in [0.15, 0.2) is 30.5 Å². The lowest BCUT2D eigenvalue weighted by atomic mass is 10.0. The van der Waals surface area contributed by atoms with E-state index in [-0.39, 0.29) is 16.8 Å². The fourth-order valence-electron chi connectivity index (χ4n) is 2.44. The van der Waals surface area contributed by atoms with Gasteiger partial charge in [0.15, 0.2) is 0 Å². The Bertz CT molecular complexity index is 711. The number of fused-ring (bicyclic) bond motifs is 1. The second kappa shape index (κ2) is 5.57. The molecule has 2 N–H and O–H groups in total. The Hall–Kier alpha value is -2.15. The number of benzene rings is 1. The van der Waals surface area contributed by atoms with E-state index in [0.29, 0.717) is 6.54 Å². The maximum atomic E-state index is 13.4. The third-order valence-corrected chi connectivity index (χ3v) is 3.72. The molecule has 3 rings (SSSR count). The van der Waals surface area contributed by atoms with Crippen LogP contribution in [0.3, 0.4) is 0 Å². The van der Waals surface area contributed by atoms with Crippen LogP contribution >= 0.6 is 0 Å². The fraction of sp³-hybridized carbons (Fsp3) is 0.333. The van der Waals surface area contributed by atoms with Gasteiger partial charge in [-0.1, -0.05) is 18.2 Å². The lowest BCUT2D eigenvalue weighted by Crippen LogP contribution is -2.48. The molecule has 1 fully saturated rings. The zero-order valence-electron chi connectivity index (χ0n) is 11.6. The smallest absolute Gasteiger partial charge is 0.352 e. The third kappa shape index (κ3) is 2.76. The number of carbonyl (C=O) groups excluding carboxylic acids is 1. The van der Waals surface area contributed by atoms with Crippen LogP contribution in [-0.4, -0.2) is 30.5 Å². The number of pyridine rings is 1. The number of hydrogen-bond donors (Lipinski definition) is 2. The molecule has 2 aromatic rings. The van der Waals surface area contributed by atoms with Crippen molar-refractivity contribution in [3.63, 3.8) is 0 Å². The van der Waals surface area contributed by atoms with Crippen molar-refractivity contribution in [3.05, 3.63) is 41.6 Å². The number of hydrogen-bond acceptors (Lipinski definition) is 3. The van der Waals surface area contributed by atoms with Crippen LogP contribution < -0.4 is 10.6 Å². The number of aromatic nitrogens is 1. The third-order valence-electron chi connectivity index (χ3n) is 3.72. The van der Waals surface area contributed by atoms with E-state index in [1.165, 1.54) is 18.2 Å². The molecule has 1 aromatic carbocycles. The standard InChI is InChI=1S/C15H14F3N3O/c16-15(17,18)13-10-3-1-2-4-12(10)20-8-11(13)14(22)21-7-9-5-19-6-9/h1-4,8-9,19H,5-7H2,(H,21,22). The summed E-state index contributed by atoms with van der Waals surface area (Å²) in [5.74, 6) is -0.468. The highest BCUT2D eigenvalue weighted by atomic mass is 19.4. The van der Waals surface area contributed by atoms with Crippen molar-refractivity contribution in [1.82, 2.24) is 15.6 Å². The molecule has 116 valence electrons. The van der Waals surface area contributed by atoms with Crippen molar-refractivity contribution in [3.8, 4) is 0 Å². The molecule has 7 heteroatoms. The molecule has 0 unspecified atom stereocenters. The van der Waals surface area contributed by atoms with Gasteiger partial charge >= 0.3 is 6.18 Å². The first-order valence-corrected chi connectivity index (χ1v) is 6.90. The second-order valence-electron chi connectivity index (χ2n) is 5.30. The van der Waals surface area contributed by atoms with Gasteiger partial charge in [0.2, 0.25) is 0 Å². The molecule has 0 saturated carbocycles. The van der Waals surface area contributed by atoms with Gasteiger partial charge < -0.3 is 10.6 Å². The zero-order chi connectivity index (χ0) is 15.7. The molecule has 0 radical (unpaired) electrons. The molecule has 4 nitrogen and oxygen atoms in total. The Kier molecular flexibility index (Phi) is 3.74. The normalized spacial score (nSPS) is 15.6. The average molecular weight is 309 g/mol. The van der Waals surface area contributed by atoms with Gasteiger partial charge in [-0.3, -0.25) is 9.78 Å². The molecular formula is C15H14F3N3O. The lowest BCUT2D eigenvalue weighted by Gasteiger charge is -2.27. The van der Waals surface area contributed by atoms with Crippen LogP contribution in [0, 0.1) is 5.92 Å². The summed E-state index contributed by atoms with van der Waals surface area (Å²) in [6, 6.07) is 5.93. The molecule has 1 aromatic heterocycles. The van der Waals surface area contributed by atoms with Crippen LogP contribution in [0.2, 0.25) is 0 Å². The van der Waals surface area contributed by atoms with E-state index >= 15 is 0 Å². The molecule has 1 amide bonds. The van der Waals surface area contributed by atoms with Crippen molar-refractivity contribution in [1.29, 1.82) is 0 Å². The molecule has 0 atom stereocenters. The summed E-state index contributed by atoms with van der Waals surface area (Å²) in [7, 11) is 0. The topological polar surface area (TPSA) is 54.0 Å².